The highest BCUT2D eigenvalue weighted by Crippen LogP contribution is 2.34. The predicted octanol–water partition coefficient (Wildman–Crippen LogP) is 1.63. The molecule has 7 heteroatoms. The van der Waals surface area contributed by atoms with E-state index in [1.807, 2.05) is 30.3 Å². The molecule has 6 atom stereocenters. The lowest BCUT2D eigenvalue weighted by molar-refractivity contribution is -0.350. The minimum atomic E-state index is -1.26. The first-order valence-corrected chi connectivity index (χ1v) is 8.80. The van der Waals surface area contributed by atoms with Crippen molar-refractivity contribution in [2.24, 2.45) is 0 Å². The summed E-state index contributed by atoms with van der Waals surface area (Å²) >= 11 is 0. The van der Waals surface area contributed by atoms with E-state index < -0.39 is 37.0 Å². The van der Waals surface area contributed by atoms with Crippen molar-refractivity contribution in [1.29, 1.82) is 0 Å². The van der Waals surface area contributed by atoms with E-state index >= 15 is 0 Å². The monoisotopic (exact) mass is 374 g/mol. The molecule has 2 aromatic carbocycles. The Balaban J connectivity index is 1.43. The smallest absolute Gasteiger partial charge is 0.229 e. The molecule has 2 heterocycles. The maximum atomic E-state index is 10.6. The van der Waals surface area contributed by atoms with E-state index in [-0.39, 0.29) is 6.61 Å². The molecule has 0 bridgehead atoms. The van der Waals surface area contributed by atoms with Gasteiger partial charge in [-0.25, -0.2) is 0 Å². The summed E-state index contributed by atoms with van der Waals surface area (Å²) in [6, 6.07) is 16.3. The molecule has 0 amide bonds. The van der Waals surface area contributed by atoms with Crippen LogP contribution >= 0.6 is 0 Å². The summed E-state index contributed by atoms with van der Waals surface area (Å²) in [5.74, 6) is 1.18. The molecule has 0 saturated carbocycles. The Morgan fingerprint density at radius 2 is 1.59 bits per heavy atom. The molecule has 27 heavy (non-hydrogen) atoms. The van der Waals surface area contributed by atoms with Crippen molar-refractivity contribution in [1.82, 2.24) is 0 Å². The number of aliphatic hydroxyl groups is 2. The summed E-state index contributed by atoms with van der Waals surface area (Å²) in [7, 11) is 1.58. The fourth-order valence-corrected chi connectivity index (χ4v) is 3.24. The van der Waals surface area contributed by atoms with Crippen molar-refractivity contribution in [2.45, 2.75) is 37.0 Å². The minimum absolute atomic E-state index is 0.219. The Morgan fingerprint density at radius 3 is 2.30 bits per heavy atom. The van der Waals surface area contributed by atoms with Crippen LogP contribution in [0.5, 0.6) is 11.5 Å². The Morgan fingerprint density at radius 1 is 0.889 bits per heavy atom. The lowest BCUT2D eigenvalue weighted by Crippen LogP contribution is -2.62. The molecule has 144 valence electrons. The molecule has 0 radical (unpaired) electrons. The highest BCUT2D eigenvalue weighted by Gasteiger charge is 2.49. The van der Waals surface area contributed by atoms with Crippen LogP contribution in [0.15, 0.2) is 54.6 Å². The van der Waals surface area contributed by atoms with Gasteiger partial charge >= 0.3 is 0 Å². The Hall–Kier alpha value is -2.16. The first-order valence-electron chi connectivity index (χ1n) is 8.80. The molecule has 2 aliphatic rings. The van der Waals surface area contributed by atoms with Gasteiger partial charge in [0.1, 0.15) is 35.9 Å². The van der Waals surface area contributed by atoms with Crippen LogP contribution < -0.4 is 9.47 Å². The van der Waals surface area contributed by atoms with Gasteiger partial charge in [-0.15, -0.1) is 0 Å². The van der Waals surface area contributed by atoms with Gasteiger partial charge in [-0.2, -0.15) is 0 Å². The summed E-state index contributed by atoms with van der Waals surface area (Å²) < 4.78 is 28.2. The second-order valence-electron chi connectivity index (χ2n) is 6.49. The van der Waals surface area contributed by atoms with Gasteiger partial charge in [0.2, 0.25) is 6.29 Å². The average molecular weight is 374 g/mol. The second kappa shape index (κ2) is 7.84. The zero-order valence-electron chi connectivity index (χ0n) is 14.8. The first kappa shape index (κ1) is 18.2. The van der Waals surface area contributed by atoms with Crippen LogP contribution in [0.4, 0.5) is 0 Å². The summed E-state index contributed by atoms with van der Waals surface area (Å²) in [5, 5.41) is 21.0. The third-order valence-electron chi connectivity index (χ3n) is 4.72. The normalized spacial score (nSPS) is 33.1. The summed E-state index contributed by atoms with van der Waals surface area (Å²) in [5.41, 5.74) is 0.842. The lowest BCUT2D eigenvalue weighted by atomic mass is 9.98. The largest absolute Gasteiger partial charge is 0.497 e. The Bertz CT molecular complexity index is 734. The highest BCUT2D eigenvalue weighted by atomic mass is 16.8. The summed E-state index contributed by atoms with van der Waals surface area (Å²) in [6.07, 6.45) is -5.33. The number of benzene rings is 2. The molecular formula is C20H22O7. The first-order chi connectivity index (χ1) is 13.2. The van der Waals surface area contributed by atoms with Crippen LogP contribution in [-0.4, -0.2) is 54.6 Å². The SMILES string of the molecule is COc1ccc(O[C@@H]2O[C@@H]3CO[C@H](c4ccccc4)O[C@@H]3[C@H](O)[C@H]2O)cc1. The van der Waals surface area contributed by atoms with Gasteiger partial charge in [0.15, 0.2) is 6.29 Å². The number of hydrogen-bond acceptors (Lipinski definition) is 7. The van der Waals surface area contributed by atoms with Crippen molar-refractivity contribution in [3.05, 3.63) is 60.2 Å². The van der Waals surface area contributed by atoms with Gasteiger partial charge in [0.25, 0.3) is 0 Å². The Labute approximate surface area is 157 Å². The van der Waals surface area contributed by atoms with Crippen molar-refractivity contribution < 1.29 is 33.9 Å². The van der Waals surface area contributed by atoms with E-state index in [1.165, 1.54) is 0 Å². The van der Waals surface area contributed by atoms with Gasteiger partial charge in [-0.05, 0) is 24.3 Å². The van der Waals surface area contributed by atoms with Crippen LogP contribution in [-0.2, 0) is 14.2 Å². The molecule has 0 aliphatic carbocycles. The summed E-state index contributed by atoms with van der Waals surface area (Å²) in [6.45, 7) is 0.219. The standard InChI is InChI=1S/C20H22O7/c1-23-13-7-9-14(10-8-13)25-20-17(22)16(21)18-15(26-20)11-24-19(27-18)12-5-3-2-4-6-12/h2-10,15-22H,11H2,1H3/t15-,16-,17-,18+,19+,20-/m1/s1. The van der Waals surface area contributed by atoms with Crippen LogP contribution in [0, 0.1) is 0 Å². The third-order valence-corrected chi connectivity index (χ3v) is 4.72. The number of hydrogen-bond donors (Lipinski definition) is 2. The average Bonchev–Trinajstić information content (AvgIpc) is 2.73. The number of fused-ring (bicyclic) bond motifs is 1. The summed E-state index contributed by atoms with van der Waals surface area (Å²) in [4.78, 5) is 0. The number of ether oxygens (including phenoxy) is 5. The van der Waals surface area contributed by atoms with E-state index in [0.717, 1.165) is 5.56 Å². The van der Waals surface area contributed by atoms with E-state index in [0.29, 0.717) is 11.5 Å². The fourth-order valence-electron chi connectivity index (χ4n) is 3.24. The highest BCUT2D eigenvalue weighted by molar-refractivity contribution is 5.31. The lowest BCUT2D eigenvalue weighted by Gasteiger charge is -2.46. The zero-order valence-corrected chi connectivity index (χ0v) is 14.8. The van der Waals surface area contributed by atoms with Gasteiger partial charge in [0, 0.05) is 5.56 Å². The van der Waals surface area contributed by atoms with Crippen LogP contribution in [0.2, 0.25) is 0 Å². The number of rotatable bonds is 4. The molecule has 0 unspecified atom stereocenters. The van der Waals surface area contributed by atoms with Gasteiger partial charge in [-0.1, -0.05) is 30.3 Å². The van der Waals surface area contributed by atoms with Gasteiger partial charge in [0.05, 0.1) is 13.7 Å². The molecule has 0 spiro atoms. The molecule has 2 aromatic rings. The number of aliphatic hydroxyl groups excluding tert-OH is 2. The van der Waals surface area contributed by atoms with E-state index in [2.05, 4.69) is 0 Å². The molecular weight excluding hydrogens is 352 g/mol. The molecule has 4 rings (SSSR count). The van der Waals surface area contributed by atoms with Crippen molar-refractivity contribution >= 4 is 0 Å². The zero-order chi connectivity index (χ0) is 18.8. The number of methoxy groups -OCH3 is 1. The molecule has 2 aliphatic heterocycles. The van der Waals surface area contributed by atoms with E-state index in [1.54, 1.807) is 31.4 Å². The quantitative estimate of drug-likeness (QED) is 0.841. The molecule has 7 nitrogen and oxygen atoms in total. The predicted molar refractivity (Wildman–Crippen MR) is 94.3 cm³/mol. The van der Waals surface area contributed by atoms with Gasteiger partial charge < -0.3 is 33.9 Å². The Kier molecular flexibility index (Phi) is 5.29. The van der Waals surface area contributed by atoms with Crippen molar-refractivity contribution in [3.8, 4) is 11.5 Å². The maximum absolute atomic E-state index is 10.6. The minimum Gasteiger partial charge on any atom is -0.497 e. The topological polar surface area (TPSA) is 86.6 Å². The van der Waals surface area contributed by atoms with Crippen molar-refractivity contribution in [2.75, 3.05) is 13.7 Å². The molecule has 2 fully saturated rings. The third kappa shape index (κ3) is 3.78. The maximum Gasteiger partial charge on any atom is 0.229 e. The van der Waals surface area contributed by atoms with Gasteiger partial charge in [-0.3, -0.25) is 0 Å². The molecule has 2 saturated heterocycles. The van der Waals surface area contributed by atoms with Crippen molar-refractivity contribution in [3.63, 3.8) is 0 Å². The molecule has 0 aromatic heterocycles. The second-order valence-corrected chi connectivity index (χ2v) is 6.49. The molecule has 2 N–H and O–H groups in total. The fraction of sp³-hybridized carbons (Fsp3) is 0.400. The van der Waals surface area contributed by atoms with Crippen LogP contribution in [0.3, 0.4) is 0 Å². The van der Waals surface area contributed by atoms with Crippen LogP contribution in [0.25, 0.3) is 0 Å². The van der Waals surface area contributed by atoms with E-state index in [9.17, 15) is 10.2 Å². The van der Waals surface area contributed by atoms with Crippen LogP contribution in [0.1, 0.15) is 11.9 Å². The van der Waals surface area contributed by atoms with E-state index in [4.69, 9.17) is 23.7 Å².